The van der Waals surface area contributed by atoms with Gasteiger partial charge in [-0.2, -0.15) is 0 Å². The van der Waals surface area contributed by atoms with Crippen LogP contribution in [0.25, 0.3) is 44.7 Å². The molecular weight excluding hydrogens is 753 g/mol. The smallest absolute Gasteiger partial charge is 0.137 e. The van der Waals surface area contributed by atoms with Crippen molar-refractivity contribution in [2.45, 2.75) is 5.41 Å². The van der Waals surface area contributed by atoms with Crippen LogP contribution in [0.15, 0.2) is 241 Å². The highest BCUT2D eigenvalue weighted by molar-refractivity contribution is 6.07. The van der Waals surface area contributed by atoms with E-state index in [4.69, 9.17) is 4.42 Å². The van der Waals surface area contributed by atoms with Crippen LogP contribution in [0.4, 0.5) is 28.4 Å². The number of hydrogen-bond acceptors (Lipinski definition) is 3. The van der Waals surface area contributed by atoms with Crippen molar-refractivity contribution in [1.82, 2.24) is 0 Å². The fourth-order valence-electron chi connectivity index (χ4n) is 10.3. The second kappa shape index (κ2) is 14.3. The van der Waals surface area contributed by atoms with Gasteiger partial charge >= 0.3 is 0 Å². The van der Waals surface area contributed by atoms with Crippen LogP contribution >= 0.6 is 0 Å². The summed E-state index contributed by atoms with van der Waals surface area (Å²) >= 11 is 0. The lowest BCUT2D eigenvalue weighted by molar-refractivity contribution is 0.669. The summed E-state index contributed by atoms with van der Waals surface area (Å²) < 4.78 is 6.50. The number of fused-ring (bicyclic) bond motifs is 10. The quantitative estimate of drug-likeness (QED) is 0.153. The van der Waals surface area contributed by atoms with Crippen LogP contribution in [0.1, 0.15) is 33.4 Å². The standard InChI is InChI=1S/C59H40N2O/c1-2-40-20-12-13-27-46(40)57-51-30-15-18-32-53(51)59(58(57)61(42-23-8-4-9-24-42)43-25-10-5-11-26-43)52-31-17-14-28-47(52)48-36-34-44(38-54(48)59)60(41-21-6-3-7-22-41)45-35-37-50-49-29-16-19-33-55(49)62-56(50)39-45/h2-39H,1H2. The summed E-state index contributed by atoms with van der Waals surface area (Å²) in [6.45, 7) is 4.34. The molecule has 1 unspecified atom stereocenters. The molecule has 0 bridgehead atoms. The van der Waals surface area contributed by atoms with Gasteiger partial charge in [0.1, 0.15) is 11.2 Å². The lowest BCUT2D eigenvalue weighted by atomic mass is 9.71. The van der Waals surface area contributed by atoms with E-state index >= 15 is 0 Å². The maximum Gasteiger partial charge on any atom is 0.137 e. The Balaban J connectivity index is 1.20. The molecule has 10 aromatic rings. The molecule has 292 valence electrons. The zero-order valence-corrected chi connectivity index (χ0v) is 33.9. The van der Waals surface area contributed by atoms with Crippen molar-refractivity contribution in [3.8, 4) is 11.1 Å². The predicted octanol–water partition coefficient (Wildman–Crippen LogP) is 15.6. The molecule has 0 amide bonds. The highest BCUT2D eigenvalue weighted by Gasteiger charge is 2.55. The van der Waals surface area contributed by atoms with Gasteiger partial charge in [-0.1, -0.05) is 164 Å². The number of benzene rings is 9. The van der Waals surface area contributed by atoms with Gasteiger partial charge in [-0.15, -0.1) is 0 Å². The predicted molar refractivity (Wildman–Crippen MR) is 258 cm³/mol. The van der Waals surface area contributed by atoms with Gasteiger partial charge in [0, 0.05) is 50.8 Å². The van der Waals surface area contributed by atoms with Gasteiger partial charge in [0.2, 0.25) is 0 Å². The van der Waals surface area contributed by atoms with Crippen LogP contribution in [0.2, 0.25) is 0 Å². The van der Waals surface area contributed by atoms with Gasteiger partial charge in [-0.25, -0.2) is 0 Å². The molecule has 3 nitrogen and oxygen atoms in total. The second-order valence-electron chi connectivity index (χ2n) is 16.0. The minimum Gasteiger partial charge on any atom is -0.456 e. The van der Waals surface area contributed by atoms with Gasteiger partial charge in [-0.3, -0.25) is 0 Å². The molecule has 2 aliphatic carbocycles. The van der Waals surface area contributed by atoms with Crippen molar-refractivity contribution in [1.29, 1.82) is 0 Å². The summed E-state index contributed by atoms with van der Waals surface area (Å²) in [5, 5.41) is 2.22. The number of para-hydroxylation sites is 4. The van der Waals surface area contributed by atoms with Crippen molar-refractivity contribution >= 4 is 62.0 Å². The number of allylic oxidation sites excluding steroid dienone is 1. The summed E-state index contributed by atoms with van der Waals surface area (Å²) in [5.41, 5.74) is 18.3. The zero-order valence-electron chi connectivity index (χ0n) is 33.9. The number of rotatable bonds is 8. The normalized spacial score (nSPS) is 14.8. The summed E-state index contributed by atoms with van der Waals surface area (Å²) in [7, 11) is 0. The zero-order chi connectivity index (χ0) is 41.2. The van der Waals surface area contributed by atoms with Gasteiger partial charge in [0.05, 0.1) is 11.1 Å². The third kappa shape index (κ3) is 5.25. The average Bonchev–Trinajstić information content (AvgIpc) is 3.96. The molecule has 9 aromatic carbocycles. The number of hydrogen-bond donors (Lipinski definition) is 0. The van der Waals surface area contributed by atoms with Crippen LogP contribution in [-0.4, -0.2) is 0 Å². The summed E-state index contributed by atoms with van der Waals surface area (Å²) in [6.07, 6.45) is 1.99. The molecule has 1 atom stereocenters. The third-order valence-electron chi connectivity index (χ3n) is 12.8. The molecular formula is C59H40N2O. The highest BCUT2D eigenvalue weighted by atomic mass is 16.3. The Morgan fingerprint density at radius 2 is 0.871 bits per heavy atom. The summed E-state index contributed by atoms with van der Waals surface area (Å²) in [6, 6.07) is 81.2. The first-order valence-electron chi connectivity index (χ1n) is 21.2. The fourth-order valence-corrected chi connectivity index (χ4v) is 10.3. The van der Waals surface area contributed by atoms with Crippen LogP contribution < -0.4 is 9.80 Å². The molecule has 1 aromatic heterocycles. The Morgan fingerprint density at radius 3 is 1.56 bits per heavy atom. The Morgan fingerprint density at radius 1 is 0.371 bits per heavy atom. The molecule has 0 fully saturated rings. The molecule has 0 radical (unpaired) electrons. The van der Waals surface area contributed by atoms with Crippen molar-refractivity contribution in [3.05, 3.63) is 270 Å². The maximum atomic E-state index is 6.50. The maximum absolute atomic E-state index is 6.50. The molecule has 0 saturated heterocycles. The van der Waals surface area contributed by atoms with Crippen LogP contribution in [-0.2, 0) is 5.41 Å². The third-order valence-corrected chi connectivity index (χ3v) is 12.8. The first-order valence-corrected chi connectivity index (χ1v) is 21.2. The van der Waals surface area contributed by atoms with E-state index in [9.17, 15) is 0 Å². The fraction of sp³-hybridized carbons (Fsp3) is 0.0169. The van der Waals surface area contributed by atoms with E-state index in [1.165, 1.54) is 44.7 Å². The Hall–Kier alpha value is -8.14. The minimum absolute atomic E-state index is 0.737. The first kappa shape index (κ1) is 35.8. The first-order chi connectivity index (χ1) is 30.7. The number of anilines is 5. The lowest BCUT2D eigenvalue weighted by Gasteiger charge is -2.40. The largest absolute Gasteiger partial charge is 0.456 e. The van der Waals surface area contributed by atoms with Crippen LogP contribution in [0, 0.1) is 0 Å². The molecule has 0 N–H and O–H groups in total. The summed E-state index contributed by atoms with van der Waals surface area (Å²) in [4.78, 5) is 4.88. The summed E-state index contributed by atoms with van der Waals surface area (Å²) in [5.74, 6) is 0. The van der Waals surface area contributed by atoms with Crippen molar-refractivity contribution in [2.24, 2.45) is 0 Å². The highest BCUT2D eigenvalue weighted by Crippen LogP contribution is 2.65. The Labute approximate surface area is 361 Å². The van der Waals surface area contributed by atoms with Gasteiger partial charge < -0.3 is 14.2 Å². The number of nitrogens with zero attached hydrogens (tertiary/aromatic N) is 2. The van der Waals surface area contributed by atoms with Crippen LogP contribution in [0.3, 0.4) is 0 Å². The molecule has 2 aliphatic rings. The molecule has 1 heterocycles. The van der Waals surface area contributed by atoms with Gasteiger partial charge in [0.15, 0.2) is 0 Å². The monoisotopic (exact) mass is 792 g/mol. The van der Waals surface area contributed by atoms with Crippen LogP contribution in [0.5, 0.6) is 0 Å². The molecule has 62 heavy (non-hydrogen) atoms. The van der Waals surface area contributed by atoms with E-state index in [0.717, 1.165) is 61.5 Å². The molecule has 12 rings (SSSR count). The second-order valence-corrected chi connectivity index (χ2v) is 16.0. The molecule has 0 aliphatic heterocycles. The molecule has 1 spiro atoms. The molecule has 3 heteroatoms. The number of furan rings is 1. The van der Waals surface area contributed by atoms with Gasteiger partial charge in [-0.05, 0) is 111 Å². The van der Waals surface area contributed by atoms with E-state index in [1.54, 1.807) is 0 Å². The van der Waals surface area contributed by atoms with E-state index in [2.05, 4.69) is 229 Å². The van der Waals surface area contributed by atoms with Gasteiger partial charge in [0.25, 0.3) is 0 Å². The Bertz CT molecular complexity index is 3340. The minimum atomic E-state index is -0.737. The van der Waals surface area contributed by atoms with Crippen molar-refractivity contribution in [2.75, 3.05) is 9.80 Å². The van der Waals surface area contributed by atoms with E-state index in [0.29, 0.717) is 0 Å². The van der Waals surface area contributed by atoms with E-state index < -0.39 is 5.41 Å². The van der Waals surface area contributed by atoms with Crippen molar-refractivity contribution in [3.63, 3.8) is 0 Å². The van der Waals surface area contributed by atoms with Crippen molar-refractivity contribution < 1.29 is 4.42 Å². The van der Waals surface area contributed by atoms with E-state index in [-0.39, 0.29) is 0 Å². The molecule has 0 saturated carbocycles. The lowest BCUT2D eigenvalue weighted by Crippen LogP contribution is -2.36. The average molecular weight is 793 g/mol. The Kier molecular flexibility index (Phi) is 8.23. The topological polar surface area (TPSA) is 19.6 Å². The SMILES string of the molecule is C=Cc1ccccc1C1=C(N(c2ccccc2)c2ccccc2)C2(c3ccccc31)c1ccccc1-c1ccc(N(c3ccccc3)c3ccc4c(c3)oc3ccccc34)cc12. The van der Waals surface area contributed by atoms with E-state index in [1.807, 2.05) is 18.2 Å².